The first-order valence-electron chi connectivity index (χ1n) is 2.81. The average Bonchev–Trinajstić information content (AvgIpc) is 2.39. The third-order valence-electron chi connectivity index (χ3n) is 1.10. The molecular formula is C6H6N2O2S. The second-order valence-corrected chi connectivity index (χ2v) is 2.68. The van der Waals surface area contributed by atoms with Crippen LogP contribution < -0.4 is 0 Å². The first kappa shape index (κ1) is 7.74. The minimum Gasteiger partial charge on any atom is -0.411 e. The monoisotopic (exact) mass is 170 g/mol. The number of nitrogens with zero attached hydrogens (tertiary/aromatic N) is 2. The highest BCUT2D eigenvalue weighted by Crippen LogP contribution is 2.11. The number of hydrogen-bond acceptors (Lipinski definition) is 5. The molecule has 11 heavy (non-hydrogen) atoms. The first-order chi connectivity index (χ1) is 5.38. The SMILES string of the molecule is O/N=C\c1sccc1/C=N/O. The van der Waals surface area contributed by atoms with Crippen molar-refractivity contribution in [2.24, 2.45) is 10.3 Å². The number of hydrogen-bond donors (Lipinski definition) is 2. The summed E-state index contributed by atoms with van der Waals surface area (Å²) in [5.41, 5.74) is 0.732. The van der Waals surface area contributed by atoms with Crippen molar-refractivity contribution in [2.75, 3.05) is 0 Å². The lowest BCUT2D eigenvalue weighted by molar-refractivity contribution is 0.321. The quantitative estimate of drug-likeness (QED) is 0.400. The molecule has 1 aromatic heterocycles. The molecule has 0 fully saturated rings. The van der Waals surface area contributed by atoms with Crippen LogP contribution in [0.5, 0.6) is 0 Å². The zero-order valence-electron chi connectivity index (χ0n) is 5.51. The van der Waals surface area contributed by atoms with Crippen LogP contribution in [-0.4, -0.2) is 22.8 Å². The van der Waals surface area contributed by atoms with Crippen molar-refractivity contribution in [1.29, 1.82) is 0 Å². The van der Waals surface area contributed by atoms with Crippen molar-refractivity contribution in [3.8, 4) is 0 Å². The molecule has 4 nitrogen and oxygen atoms in total. The van der Waals surface area contributed by atoms with Gasteiger partial charge in [-0.1, -0.05) is 10.3 Å². The molecule has 0 spiro atoms. The predicted molar refractivity (Wildman–Crippen MR) is 43.1 cm³/mol. The van der Waals surface area contributed by atoms with Crippen molar-refractivity contribution in [3.05, 3.63) is 21.9 Å². The van der Waals surface area contributed by atoms with Gasteiger partial charge in [-0.05, 0) is 11.4 Å². The van der Waals surface area contributed by atoms with Crippen LogP contribution in [0.15, 0.2) is 21.8 Å². The molecule has 1 heterocycles. The highest BCUT2D eigenvalue weighted by molar-refractivity contribution is 7.12. The minimum absolute atomic E-state index is 0.732. The van der Waals surface area contributed by atoms with E-state index in [0.29, 0.717) is 0 Å². The number of rotatable bonds is 2. The summed E-state index contributed by atoms with van der Waals surface area (Å²) in [7, 11) is 0. The molecule has 0 aliphatic rings. The summed E-state index contributed by atoms with van der Waals surface area (Å²) < 4.78 is 0. The smallest absolute Gasteiger partial charge is 0.0840 e. The molecule has 5 heteroatoms. The van der Waals surface area contributed by atoms with E-state index in [1.807, 2.05) is 5.38 Å². The van der Waals surface area contributed by atoms with Gasteiger partial charge in [-0.2, -0.15) is 0 Å². The second kappa shape index (κ2) is 3.72. The van der Waals surface area contributed by atoms with Crippen LogP contribution in [0, 0.1) is 0 Å². The molecule has 0 unspecified atom stereocenters. The first-order valence-corrected chi connectivity index (χ1v) is 3.69. The molecule has 0 aromatic carbocycles. The van der Waals surface area contributed by atoms with E-state index in [1.54, 1.807) is 6.07 Å². The summed E-state index contributed by atoms with van der Waals surface area (Å²) in [6.45, 7) is 0. The van der Waals surface area contributed by atoms with Gasteiger partial charge in [0, 0.05) is 5.56 Å². The zero-order valence-corrected chi connectivity index (χ0v) is 6.32. The Hall–Kier alpha value is -1.36. The molecule has 0 radical (unpaired) electrons. The van der Waals surface area contributed by atoms with Gasteiger partial charge >= 0.3 is 0 Å². The van der Waals surface area contributed by atoms with Crippen molar-refractivity contribution in [2.45, 2.75) is 0 Å². The van der Waals surface area contributed by atoms with Gasteiger partial charge in [0.25, 0.3) is 0 Å². The Bertz CT molecular complexity index is 253. The fourth-order valence-electron chi connectivity index (χ4n) is 0.657. The highest BCUT2D eigenvalue weighted by atomic mass is 32.1. The summed E-state index contributed by atoms with van der Waals surface area (Å²) in [6, 6.07) is 1.77. The van der Waals surface area contributed by atoms with Crippen LogP contribution in [0.3, 0.4) is 0 Å². The van der Waals surface area contributed by atoms with Crippen molar-refractivity contribution in [3.63, 3.8) is 0 Å². The Labute approximate surface area is 67.1 Å². The third-order valence-corrected chi connectivity index (χ3v) is 1.97. The summed E-state index contributed by atoms with van der Waals surface area (Å²) in [5.74, 6) is 0. The Morgan fingerprint density at radius 2 is 2.00 bits per heavy atom. The van der Waals surface area contributed by atoms with Crippen LogP contribution in [0.1, 0.15) is 10.4 Å². The van der Waals surface area contributed by atoms with Crippen LogP contribution >= 0.6 is 11.3 Å². The molecule has 1 rings (SSSR count). The fraction of sp³-hybridized carbons (Fsp3) is 0. The lowest BCUT2D eigenvalue weighted by atomic mass is 10.3. The van der Waals surface area contributed by atoms with Crippen LogP contribution in [0.4, 0.5) is 0 Å². The van der Waals surface area contributed by atoms with Crippen molar-refractivity contribution < 1.29 is 10.4 Å². The summed E-state index contributed by atoms with van der Waals surface area (Å²) in [5, 5.41) is 23.9. The molecular weight excluding hydrogens is 164 g/mol. The number of thiophene rings is 1. The molecule has 2 N–H and O–H groups in total. The fourth-order valence-corrected chi connectivity index (χ4v) is 1.38. The van der Waals surface area contributed by atoms with Gasteiger partial charge in [0.05, 0.1) is 17.3 Å². The lowest BCUT2D eigenvalue weighted by Crippen LogP contribution is -1.83. The van der Waals surface area contributed by atoms with E-state index in [1.165, 1.54) is 23.8 Å². The molecule has 0 saturated carbocycles. The van der Waals surface area contributed by atoms with E-state index in [4.69, 9.17) is 10.4 Å². The van der Waals surface area contributed by atoms with Gasteiger partial charge in [0.2, 0.25) is 0 Å². The third kappa shape index (κ3) is 1.78. The highest BCUT2D eigenvalue weighted by Gasteiger charge is 1.97. The van der Waals surface area contributed by atoms with Gasteiger partial charge in [-0.15, -0.1) is 11.3 Å². The van der Waals surface area contributed by atoms with Gasteiger partial charge in [-0.25, -0.2) is 0 Å². The van der Waals surface area contributed by atoms with Crippen LogP contribution in [-0.2, 0) is 0 Å². The Morgan fingerprint density at radius 1 is 1.27 bits per heavy atom. The van der Waals surface area contributed by atoms with Gasteiger partial charge in [0.1, 0.15) is 0 Å². The molecule has 0 amide bonds. The van der Waals surface area contributed by atoms with Crippen LogP contribution in [0.2, 0.25) is 0 Å². The van der Waals surface area contributed by atoms with Crippen molar-refractivity contribution >= 4 is 23.8 Å². The van der Waals surface area contributed by atoms with Gasteiger partial charge < -0.3 is 10.4 Å². The van der Waals surface area contributed by atoms with E-state index >= 15 is 0 Å². The normalized spacial score (nSPS) is 11.6. The molecule has 0 aliphatic heterocycles. The maximum absolute atomic E-state index is 8.20. The molecule has 0 aliphatic carbocycles. The van der Waals surface area contributed by atoms with Gasteiger partial charge in [-0.3, -0.25) is 0 Å². The predicted octanol–water partition coefficient (Wildman–Crippen LogP) is 1.36. The molecule has 58 valence electrons. The van der Waals surface area contributed by atoms with Crippen molar-refractivity contribution in [1.82, 2.24) is 0 Å². The van der Waals surface area contributed by atoms with E-state index < -0.39 is 0 Å². The second-order valence-electron chi connectivity index (χ2n) is 1.73. The standard InChI is InChI=1S/C6H6N2O2S/c9-7-3-5-1-2-11-6(5)4-8-10/h1-4,9-10H/b7-3+,8-4-. The molecule has 1 aromatic rings. The Morgan fingerprint density at radius 3 is 2.64 bits per heavy atom. The maximum atomic E-state index is 8.20. The summed E-state index contributed by atoms with van der Waals surface area (Å²) in [4.78, 5) is 0.755. The topological polar surface area (TPSA) is 65.2 Å². The van der Waals surface area contributed by atoms with E-state index in [-0.39, 0.29) is 0 Å². The Balaban J connectivity index is 2.95. The van der Waals surface area contributed by atoms with E-state index in [9.17, 15) is 0 Å². The summed E-state index contributed by atoms with van der Waals surface area (Å²) >= 11 is 1.40. The zero-order chi connectivity index (χ0) is 8.10. The Kier molecular flexibility index (Phi) is 2.62. The summed E-state index contributed by atoms with van der Waals surface area (Å²) in [6.07, 6.45) is 2.58. The maximum Gasteiger partial charge on any atom is 0.0840 e. The van der Waals surface area contributed by atoms with E-state index in [2.05, 4.69) is 10.3 Å². The largest absolute Gasteiger partial charge is 0.411 e. The number of oxime groups is 2. The van der Waals surface area contributed by atoms with E-state index in [0.717, 1.165) is 10.4 Å². The van der Waals surface area contributed by atoms with Crippen LogP contribution in [0.25, 0.3) is 0 Å². The molecule has 0 saturated heterocycles. The lowest BCUT2D eigenvalue weighted by Gasteiger charge is -1.85. The minimum atomic E-state index is 0.732. The molecule has 0 atom stereocenters. The average molecular weight is 170 g/mol. The van der Waals surface area contributed by atoms with Gasteiger partial charge in [0.15, 0.2) is 0 Å². The molecule has 0 bridgehead atoms.